The van der Waals surface area contributed by atoms with E-state index in [-0.39, 0.29) is 17.5 Å². The SMILES string of the molecule is N#Cc1nc2c(-c3nc4ccccc4n3Cc3ccccc3)c(N)n(C[C@H]3CCCO3)c2nc1C#N. The van der Waals surface area contributed by atoms with Crippen LogP contribution in [0.2, 0.25) is 0 Å². The van der Waals surface area contributed by atoms with E-state index in [9.17, 15) is 10.5 Å². The molecule has 0 amide bonds. The lowest BCUT2D eigenvalue weighted by Gasteiger charge is -2.13. The minimum absolute atomic E-state index is 0.0122. The molecule has 6 rings (SSSR count). The number of para-hydroxylation sites is 2. The van der Waals surface area contributed by atoms with Gasteiger partial charge in [-0.1, -0.05) is 42.5 Å². The van der Waals surface area contributed by atoms with Crippen molar-refractivity contribution in [1.82, 2.24) is 24.1 Å². The summed E-state index contributed by atoms with van der Waals surface area (Å²) in [6.45, 7) is 1.76. The van der Waals surface area contributed by atoms with Gasteiger partial charge in [-0.05, 0) is 30.5 Å². The second-order valence-electron chi connectivity index (χ2n) is 8.82. The number of imidazole rings is 1. The average Bonchev–Trinajstić information content (AvgIpc) is 3.62. The number of nitriles is 2. The Morgan fingerprint density at radius 2 is 1.69 bits per heavy atom. The largest absolute Gasteiger partial charge is 0.384 e. The fourth-order valence-electron chi connectivity index (χ4n) is 4.90. The van der Waals surface area contributed by atoms with Gasteiger partial charge in [0.1, 0.15) is 29.3 Å². The van der Waals surface area contributed by atoms with E-state index in [1.165, 1.54) is 0 Å². The Morgan fingerprint density at radius 1 is 0.944 bits per heavy atom. The molecule has 0 unspecified atom stereocenters. The van der Waals surface area contributed by atoms with E-state index in [1.807, 2.05) is 59.2 Å². The zero-order valence-corrected chi connectivity index (χ0v) is 19.4. The van der Waals surface area contributed by atoms with E-state index in [4.69, 9.17) is 15.5 Å². The number of nitrogens with two attached hydrogens (primary N) is 1. The number of nitrogens with zero attached hydrogens (tertiary/aromatic N) is 7. The van der Waals surface area contributed by atoms with Gasteiger partial charge in [-0.15, -0.1) is 0 Å². The summed E-state index contributed by atoms with van der Waals surface area (Å²) in [6, 6.07) is 22.0. The van der Waals surface area contributed by atoms with Gasteiger partial charge in [0.2, 0.25) is 0 Å². The Labute approximate surface area is 207 Å². The van der Waals surface area contributed by atoms with Crippen LogP contribution in [0.1, 0.15) is 29.8 Å². The van der Waals surface area contributed by atoms with Crippen molar-refractivity contribution in [3.8, 4) is 23.5 Å². The van der Waals surface area contributed by atoms with Crippen LogP contribution in [0.25, 0.3) is 33.6 Å². The average molecular weight is 475 g/mol. The predicted octanol–water partition coefficient (Wildman–Crippen LogP) is 4.00. The lowest BCUT2D eigenvalue weighted by Crippen LogP contribution is -2.17. The highest BCUT2D eigenvalue weighted by Gasteiger charge is 2.28. The summed E-state index contributed by atoms with van der Waals surface area (Å²) >= 11 is 0. The number of aromatic nitrogens is 5. The van der Waals surface area contributed by atoms with Crippen LogP contribution < -0.4 is 5.73 Å². The molecule has 9 nitrogen and oxygen atoms in total. The van der Waals surface area contributed by atoms with Gasteiger partial charge in [0.05, 0.1) is 29.2 Å². The second-order valence-corrected chi connectivity index (χ2v) is 8.82. The molecule has 1 aliphatic rings. The van der Waals surface area contributed by atoms with E-state index in [2.05, 4.69) is 26.7 Å². The molecule has 1 fully saturated rings. The van der Waals surface area contributed by atoms with Gasteiger partial charge in [-0.2, -0.15) is 10.5 Å². The Bertz CT molecular complexity index is 1680. The van der Waals surface area contributed by atoms with Crippen molar-refractivity contribution >= 4 is 28.0 Å². The number of hydrogen-bond acceptors (Lipinski definition) is 7. The summed E-state index contributed by atoms with van der Waals surface area (Å²) in [5, 5.41) is 19.3. The van der Waals surface area contributed by atoms with Gasteiger partial charge in [0.15, 0.2) is 17.0 Å². The molecule has 3 aromatic heterocycles. The van der Waals surface area contributed by atoms with Crippen molar-refractivity contribution < 1.29 is 4.74 Å². The number of ether oxygens (including phenoxy) is 1. The summed E-state index contributed by atoms with van der Waals surface area (Å²) in [6.07, 6.45) is 1.88. The standard InChI is InChI=1S/C27H22N8O/c28-13-20-21(14-29)33-27-24(31-20)23(25(30)35(27)16-18-9-6-12-36-18)26-32-19-10-4-5-11-22(19)34(26)15-17-7-2-1-3-8-17/h1-5,7-8,10-11,18H,6,9,12,15-16,30H2/t18-/m1/s1. The number of benzene rings is 2. The smallest absolute Gasteiger partial charge is 0.179 e. The topological polar surface area (TPSA) is 131 Å². The summed E-state index contributed by atoms with van der Waals surface area (Å²) in [4.78, 5) is 14.1. The maximum atomic E-state index is 9.66. The summed E-state index contributed by atoms with van der Waals surface area (Å²) in [5.41, 5.74) is 11.1. The Hall–Kier alpha value is -4.73. The van der Waals surface area contributed by atoms with E-state index in [1.54, 1.807) is 0 Å². The lowest BCUT2D eigenvalue weighted by atomic mass is 10.2. The van der Waals surface area contributed by atoms with Crippen LogP contribution >= 0.6 is 0 Å². The third-order valence-electron chi connectivity index (χ3n) is 6.60. The van der Waals surface area contributed by atoms with Crippen molar-refractivity contribution in [3.63, 3.8) is 0 Å². The molecule has 2 aromatic carbocycles. The Balaban J connectivity index is 1.63. The number of anilines is 1. The van der Waals surface area contributed by atoms with Crippen molar-refractivity contribution in [2.24, 2.45) is 0 Å². The first-order valence-corrected chi connectivity index (χ1v) is 11.8. The van der Waals surface area contributed by atoms with Gasteiger partial charge in [0, 0.05) is 13.2 Å². The molecule has 0 aliphatic carbocycles. The van der Waals surface area contributed by atoms with Crippen molar-refractivity contribution in [2.45, 2.75) is 32.0 Å². The first-order chi connectivity index (χ1) is 17.7. The molecule has 4 heterocycles. The first kappa shape index (κ1) is 21.8. The molecule has 36 heavy (non-hydrogen) atoms. The van der Waals surface area contributed by atoms with Crippen LogP contribution in [-0.4, -0.2) is 36.8 Å². The lowest BCUT2D eigenvalue weighted by molar-refractivity contribution is 0.0983. The zero-order valence-electron chi connectivity index (χ0n) is 19.4. The molecule has 1 atom stereocenters. The molecule has 9 heteroatoms. The maximum absolute atomic E-state index is 9.66. The van der Waals surface area contributed by atoms with Gasteiger partial charge in [-0.3, -0.25) is 0 Å². The molecule has 1 saturated heterocycles. The summed E-state index contributed by atoms with van der Waals surface area (Å²) < 4.78 is 9.82. The van der Waals surface area contributed by atoms with Gasteiger partial charge in [0.25, 0.3) is 0 Å². The van der Waals surface area contributed by atoms with Gasteiger partial charge < -0.3 is 19.6 Å². The van der Waals surface area contributed by atoms with E-state index in [0.29, 0.717) is 48.1 Å². The molecule has 2 N–H and O–H groups in total. The van der Waals surface area contributed by atoms with Crippen LogP contribution in [0.4, 0.5) is 5.82 Å². The Morgan fingerprint density at radius 3 is 2.44 bits per heavy atom. The maximum Gasteiger partial charge on any atom is 0.179 e. The molecule has 0 radical (unpaired) electrons. The Kier molecular flexibility index (Phi) is 5.33. The number of rotatable bonds is 5. The van der Waals surface area contributed by atoms with Crippen molar-refractivity contribution in [2.75, 3.05) is 12.3 Å². The van der Waals surface area contributed by atoms with Crippen molar-refractivity contribution in [1.29, 1.82) is 10.5 Å². The molecule has 0 bridgehead atoms. The molecule has 1 aliphatic heterocycles. The number of hydrogen-bond donors (Lipinski definition) is 1. The van der Waals surface area contributed by atoms with Crippen molar-refractivity contribution in [3.05, 3.63) is 71.5 Å². The quantitative estimate of drug-likeness (QED) is 0.407. The minimum Gasteiger partial charge on any atom is -0.384 e. The second kappa shape index (κ2) is 8.81. The fourth-order valence-corrected chi connectivity index (χ4v) is 4.90. The van der Waals surface area contributed by atoms with Crippen LogP contribution in [0.3, 0.4) is 0 Å². The monoisotopic (exact) mass is 474 g/mol. The third-order valence-corrected chi connectivity index (χ3v) is 6.60. The third kappa shape index (κ3) is 3.54. The molecule has 0 saturated carbocycles. The molecule has 5 aromatic rings. The number of nitrogen functional groups attached to an aromatic ring is 1. The highest BCUT2D eigenvalue weighted by atomic mass is 16.5. The first-order valence-electron chi connectivity index (χ1n) is 11.8. The van der Waals surface area contributed by atoms with E-state index in [0.717, 1.165) is 29.4 Å². The molecular formula is C27H22N8O. The summed E-state index contributed by atoms with van der Waals surface area (Å²) in [5.74, 6) is 1.07. The highest BCUT2D eigenvalue weighted by Crippen LogP contribution is 2.38. The van der Waals surface area contributed by atoms with E-state index < -0.39 is 0 Å². The predicted molar refractivity (Wildman–Crippen MR) is 135 cm³/mol. The molecular weight excluding hydrogens is 452 g/mol. The van der Waals surface area contributed by atoms with Gasteiger partial charge >= 0.3 is 0 Å². The zero-order chi connectivity index (χ0) is 24.6. The fraction of sp³-hybridized carbons (Fsp3) is 0.222. The highest BCUT2D eigenvalue weighted by molar-refractivity contribution is 5.99. The normalized spacial score (nSPS) is 15.3. The molecule has 0 spiro atoms. The number of fused-ring (bicyclic) bond motifs is 2. The van der Waals surface area contributed by atoms with Crippen LogP contribution in [-0.2, 0) is 17.8 Å². The minimum atomic E-state index is -0.0359. The molecule has 176 valence electrons. The van der Waals surface area contributed by atoms with Crippen LogP contribution in [0.15, 0.2) is 54.6 Å². The van der Waals surface area contributed by atoms with E-state index >= 15 is 0 Å². The van der Waals surface area contributed by atoms with Crippen LogP contribution in [0, 0.1) is 22.7 Å². The summed E-state index contributed by atoms with van der Waals surface area (Å²) in [7, 11) is 0. The van der Waals surface area contributed by atoms with Gasteiger partial charge in [-0.25, -0.2) is 15.0 Å². The van der Waals surface area contributed by atoms with Crippen LogP contribution in [0.5, 0.6) is 0 Å².